The van der Waals surface area contributed by atoms with Crippen molar-refractivity contribution in [1.29, 1.82) is 0 Å². The lowest BCUT2D eigenvalue weighted by Gasteiger charge is -2.09. The minimum Gasteiger partial charge on any atom is -0.267 e. The van der Waals surface area contributed by atoms with Gasteiger partial charge in [0.05, 0.1) is 11.1 Å². The van der Waals surface area contributed by atoms with Crippen molar-refractivity contribution in [2.45, 2.75) is 47.6 Å². The van der Waals surface area contributed by atoms with Gasteiger partial charge in [0.15, 0.2) is 0 Å². The largest absolute Gasteiger partial charge is 0.274 e. The highest BCUT2D eigenvalue weighted by atomic mass is 16.1. The number of rotatable bonds is 3. The fourth-order valence-corrected chi connectivity index (χ4v) is 2.44. The summed E-state index contributed by atoms with van der Waals surface area (Å²) in [5, 5.41) is 6.21. The third-order valence-electron chi connectivity index (χ3n) is 3.46. The Morgan fingerprint density at radius 2 is 1.38 bits per heavy atom. The second-order valence-electron chi connectivity index (χ2n) is 4.78. The van der Waals surface area contributed by atoms with Crippen LogP contribution in [0.2, 0.25) is 0 Å². The molecule has 0 aliphatic heterocycles. The van der Waals surface area contributed by atoms with Crippen LogP contribution in [0.15, 0.2) is 59.4 Å². The van der Waals surface area contributed by atoms with Gasteiger partial charge in [-0.3, -0.25) is 4.79 Å². The quantitative estimate of drug-likeness (QED) is 0.675. The van der Waals surface area contributed by atoms with Crippen molar-refractivity contribution in [3.63, 3.8) is 0 Å². The molecule has 0 saturated heterocycles. The number of nitrogens with zero attached hydrogens (tertiary/aromatic N) is 2. The summed E-state index contributed by atoms with van der Waals surface area (Å²) in [4.78, 5) is 12.3. The van der Waals surface area contributed by atoms with Gasteiger partial charge in [-0.2, -0.15) is 5.10 Å². The van der Waals surface area contributed by atoms with Crippen LogP contribution in [0.1, 0.15) is 45.9 Å². The van der Waals surface area contributed by atoms with Gasteiger partial charge in [-0.15, -0.1) is 0 Å². The molecule has 24 heavy (non-hydrogen) atoms. The molecule has 3 aromatic rings. The van der Waals surface area contributed by atoms with Crippen LogP contribution in [0, 0.1) is 0 Å². The predicted molar refractivity (Wildman–Crippen MR) is 104 cm³/mol. The van der Waals surface area contributed by atoms with Crippen molar-refractivity contribution in [3.8, 4) is 0 Å². The van der Waals surface area contributed by atoms with E-state index in [4.69, 9.17) is 0 Å². The maximum Gasteiger partial charge on any atom is 0.274 e. The highest BCUT2D eigenvalue weighted by Gasteiger charge is 2.09. The Morgan fingerprint density at radius 3 is 1.96 bits per heavy atom. The van der Waals surface area contributed by atoms with Crippen molar-refractivity contribution < 1.29 is 0 Å². The van der Waals surface area contributed by atoms with Gasteiger partial charge in [-0.25, -0.2) is 4.68 Å². The fourth-order valence-electron chi connectivity index (χ4n) is 2.44. The molecular weight excluding hydrogens is 296 g/mol. The lowest BCUT2D eigenvalue weighted by atomic mass is 10.0. The van der Waals surface area contributed by atoms with Crippen LogP contribution in [0.5, 0.6) is 0 Å². The van der Waals surface area contributed by atoms with E-state index in [1.165, 1.54) is 5.56 Å². The molecule has 3 rings (SSSR count). The van der Waals surface area contributed by atoms with Crippen molar-refractivity contribution in [2.24, 2.45) is 0 Å². The summed E-state index contributed by atoms with van der Waals surface area (Å²) < 4.78 is 1.54. The van der Waals surface area contributed by atoms with Crippen molar-refractivity contribution >= 4 is 10.8 Å². The van der Waals surface area contributed by atoms with E-state index in [-0.39, 0.29) is 5.56 Å². The van der Waals surface area contributed by atoms with Crippen LogP contribution in [-0.2, 0) is 13.0 Å². The number of benzene rings is 2. The molecule has 0 unspecified atom stereocenters. The van der Waals surface area contributed by atoms with Gasteiger partial charge in [-0.1, -0.05) is 76.2 Å². The molecule has 3 heteroatoms. The van der Waals surface area contributed by atoms with Crippen molar-refractivity contribution in [3.05, 3.63) is 76.2 Å². The SMILES string of the molecule is CC.CC.CCn1nc(Cc2ccccc2)c2ccccc2c1=O. The first-order valence-corrected chi connectivity index (χ1v) is 8.82. The van der Waals surface area contributed by atoms with Crippen molar-refractivity contribution in [2.75, 3.05) is 0 Å². The molecule has 0 bridgehead atoms. The van der Waals surface area contributed by atoms with Gasteiger partial charge >= 0.3 is 0 Å². The van der Waals surface area contributed by atoms with Crippen LogP contribution < -0.4 is 5.56 Å². The third kappa shape index (κ3) is 4.54. The van der Waals surface area contributed by atoms with Gasteiger partial charge in [0.2, 0.25) is 0 Å². The minimum absolute atomic E-state index is 0.0140. The van der Waals surface area contributed by atoms with Crippen LogP contribution >= 0.6 is 0 Å². The molecular formula is C21H28N2O. The molecule has 1 heterocycles. The summed E-state index contributed by atoms with van der Waals surface area (Å²) >= 11 is 0. The summed E-state index contributed by atoms with van der Waals surface area (Å²) in [6.45, 7) is 10.5. The lowest BCUT2D eigenvalue weighted by molar-refractivity contribution is 0.610. The molecule has 0 atom stereocenters. The van der Waals surface area contributed by atoms with Crippen LogP contribution in [0.25, 0.3) is 10.8 Å². The van der Waals surface area contributed by atoms with Crippen LogP contribution in [0.4, 0.5) is 0 Å². The van der Waals surface area contributed by atoms with E-state index in [1.54, 1.807) is 4.68 Å². The zero-order valence-electron chi connectivity index (χ0n) is 15.4. The Labute approximate surface area is 145 Å². The number of aromatic nitrogens is 2. The highest BCUT2D eigenvalue weighted by Crippen LogP contribution is 2.16. The smallest absolute Gasteiger partial charge is 0.267 e. The molecule has 0 N–H and O–H groups in total. The number of hydrogen-bond acceptors (Lipinski definition) is 2. The first-order valence-electron chi connectivity index (χ1n) is 8.82. The standard InChI is InChI=1S/C17H16N2O.2C2H6/c1-2-19-17(20)15-11-7-6-10-14(15)16(18-19)12-13-8-4-3-5-9-13;2*1-2/h3-11H,2,12H2,1H3;2*1-2H3. The Morgan fingerprint density at radius 1 is 0.833 bits per heavy atom. The summed E-state index contributed by atoms with van der Waals surface area (Å²) in [6.07, 6.45) is 0.738. The van der Waals surface area contributed by atoms with Crippen molar-refractivity contribution in [1.82, 2.24) is 9.78 Å². The Bertz CT molecular complexity index is 792. The summed E-state index contributed by atoms with van der Waals surface area (Å²) in [7, 11) is 0. The zero-order chi connectivity index (χ0) is 17.9. The van der Waals surface area contributed by atoms with Gasteiger partial charge in [0.25, 0.3) is 5.56 Å². The zero-order valence-corrected chi connectivity index (χ0v) is 15.4. The maximum atomic E-state index is 12.3. The van der Waals surface area contributed by atoms with Gasteiger partial charge < -0.3 is 0 Å². The molecule has 1 aromatic heterocycles. The van der Waals surface area contributed by atoms with E-state index < -0.39 is 0 Å². The van der Waals surface area contributed by atoms with E-state index in [0.29, 0.717) is 6.54 Å². The second-order valence-corrected chi connectivity index (χ2v) is 4.78. The fraction of sp³-hybridized carbons (Fsp3) is 0.333. The van der Waals surface area contributed by atoms with Crippen LogP contribution in [0.3, 0.4) is 0 Å². The topological polar surface area (TPSA) is 34.9 Å². The van der Waals surface area contributed by atoms with E-state index >= 15 is 0 Å². The number of fused-ring (bicyclic) bond motifs is 1. The van der Waals surface area contributed by atoms with Gasteiger partial charge in [0.1, 0.15) is 0 Å². The summed E-state index contributed by atoms with van der Waals surface area (Å²) in [5.41, 5.74) is 2.14. The number of aryl methyl sites for hydroxylation is 1. The Kier molecular flexibility index (Phi) is 8.48. The molecule has 3 nitrogen and oxygen atoms in total. The molecule has 0 aliphatic rings. The monoisotopic (exact) mass is 324 g/mol. The Balaban J connectivity index is 0.000000671. The second kappa shape index (κ2) is 10.4. The molecule has 0 radical (unpaired) electrons. The van der Waals surface area contributed by atoms with E-state index in [2.05, 4.69) is 17.2 Å². The minimum atomic E-state index is -0.0140. The molecule has 0 amide bonds. The summed E-state index contributed by atoms with van der Waals surface area (Å²) in [5.74, 6) is 0. The van der Waals surface area contributed by atoms with E-state index in [9.17, 15) is 4.79 Å². The van der Waals surface area contributed by atoms with Gasteiger partial charge in [-0.05, 0) is 18.6 Å². The van der Waals surface area contributed by atoms with Gasteiger partial charge in [0, 0.05) is 18.4 Å². The lowest BCUT2D eigenvalue weighted by Crippen LogP contribution is -2.23. The van der Waals surface area contributed by atoms with E-state index in [1.807, 2.05) is 77.1 Å². The average Bonchev–Trinajstić information content (AvgIpc) is 2.68. The Hall–Kier alpha value is -2.42. The summed E-state index contributed by atoms with van der Waals surface area (Å²) in [6, 6.07) is 17.9. The third-order valence-corrected chi connectivity index (χ3v) is 3.46. The number of hydrogen-bond donors (Lipinski definition) is 0. The maximum absolute atomic E-state index is 12.3. The molecule has 0 fully saturated rings. The molecule has 128 valence electrons. The predicted octanol–water partition coefficient (Wildman–Crippen LogP) is 5.06. The molecule has 0 aliphatic carbocycles. The average molecular weight is 324 g/mol. The molecule has 0 saturated carbocycles. The highest BCUT2D eigenvalue weighted by molar-refractivity contribution is 5.83. The molecule has 2 aromatic carbocycles. The molecule has 0 spiro atoms. The first kappa shape index (κ1) is 19.6. The normalized spacial score (nSPS) is 9.54. The van der Waals surface area contributed by atoms with Crippen LogP contribution in [-0.4, -0.2) is 9.78 Å². The van der Waals surface area contributed by atoms with E-state index in [0.717, 1.165) is 22.9 Å². The first-order chi connectivity index (χ1) is 11.8.